The standard InChI is InChI=1S/C11H18O5/c1-5-8-14-9(12)6-7-10(13)15-16-11(2,3)4/h5H,1,6-8H2,2-4H3. The van der Waals surface area contributed by atoms with Crippen molar-refractivity contribution in [2.75, 3.05) is 6.61 Å². The van der Waals surface area contributed by atoms with Crippen molar-refractivity contribution in [3.8, 4) is 0 Å². The van der Waals surface area contributed by atoms with Gasteiger partial charge in [-0.3, -0.25) is 9.68 Å². The van der Waals surface area contributed by atoms with Crippen LogP contribution in [0.3, 0.4) is 0 Å². The van der Waals surface area contributed by atoms with Gasteiger partial charge in [-0.05, 0) is 20.8 Å². The zero-order valence-electron chi connectivity index (χ0n) is 9.95. The Balaban J connectivity index is 3.65. The maximum absolute atomic E-state index is 11.1. The van der Waals surface area contributed by atoms with Crippen molar-refractivity contribution >= 4 is 11.9 Å². The minimum absolute atomic E-state index is 0.0276. The van der Waals surface area contributed by atoms with Crippen LogP contribution in [0.1, 0.15) is 33.6 Å². The molecule has 5 heteroatoms. The highest BCUT2D eigenvalue weighted by molar-refractivity contribution is 5.77. The SMILES string of the molecule is C=CCOC(=O)CCC(=O)OOC(C)(C)C. The molecule has 0 bridgehead atoms. The summed E-state index contributed by atoms with van der Waals surface area (Å²) >= 11 is 0. The largest absolute Gasteiger partial charge is 0.461 e. The van der Waals surface area contributed by atoms with E-state index in [4.69, 9.17) is 4.89 Å². The van der Waals surface area contributed by atoms with Crippen LogP contribution in [0.4, 0.5) is 0 Å². The van der Waals surface area contributed by atoms with Gasteiger partial charge < -0.3 is 4.74 Å². The minimum Gasteiger partial charge on any atom is -0.461 e. The smallest absolute Gasteiger partial charge is 0.342 e. The molecule has 0 radical (unpaired) electrons. The molecule has 0 unspecified atom stereocenters. The molecular weight excluding hydrogens is 212 g/mol. The molecule has 0 aromatic rings. The summed E-state index contributed by atoms with van der Waals surface area (Å²) in [7, 11) is 0. The number of carbonyl (C=O) groups excluding carboxylic acids is 2. The second kappa shape index (κ2) is 7.00. The lowest BCUT2D eigenvalue weighted by molar-refractivity contribution is -0.320. The molecule has 0 saturated heterocycles. The van der Waals surface area contributed by atoms with E-state index < -0.39 is 17.5 Å². The highest BCUT2D eigenvalue weighted by Gasteiger charge is 2.16. The quantitative estimate of drug-likeness (QED) is 0.301. The molecule has 0 aliphatic rings. The van der Waals surface area contributed by atoms with Crippen LogP contribution in [0.25, 0.3) is 0 Å². The maximum atomic E-state index is 11.1. The Bertz CT molecular complexity index is 252. The summed E-state index contributed by atoms with van der Waals surface area (Å²) in [5.74, 6) is -1.06. The average Bonchev–Trinajstić information content (AvgIpc) is 2.19. The van der Waals surface area contributed by atoms with E-state index in [0.717, 1.165) is 0 Å². The fraction of sp³-hybridized carbons (Fsp3) is 0.636. The van der Waals surface area contributed by atoms with Crippen molar-refractivity contribution < 1.29 is 24.1 Å². The molecule has 0 amide bonds. The average molecular weight is 230 g/mol. The molecule has 5 nitrogen and oxygen atoms in total. The summed E-state index contributed by atoms with van der Waals surface area (Å²) in [6.45, 7) is 8.79. The van der Waals surface area contributed by atoms with E-state index in [-0.39, 0.29) is 19.4 Å². The van der Waals surface area contributed by atoms with Crippen LogP contribution in [0.15, 0.2) is 12.7 Å². The second-order valence-corrected chi connectivity index (χ2v) is 4.12. The van der Waals surface area contributed by atoms with Gasteiger partial charge in [0.25, 0.3) is 0 Å². The Morgan fingerprint density at radius 1 is 1.19 bits per heavy atom. The first kappa shape index (κ1) is 14.6. The summed E-state index contributed by atoms with van der Waals surface area (Å²) in [5, 5.41) is 0. The lowest BCUT2D eigenvalue weighted by Gasteiger charge is -2.16. The van der Waals surface area contributed by atoms with Crippen LogP contribution in [0.5, 0.6) is 0 Å². The van der Waals surface area contributed by atoms with Crippen molar-refractivity contribution in [3.63, 3.8) is 0 Å². The van der Waals surface area contributed by atoms with Crippen LogP contribution in [-0.4, -0.2) is 24.1 Å². The number of hydrogen-bond acceptors (Lipinski definition) is 5. The first-order valence-corrected chi connectivity index (χ1v) is 5.00. The maximum Gasteiger partial charge on any atom is 0.342 e. The molecule has 0 N–H and O–H groups in total. The van der Waals surface area contributed by atoms with Crippen LogP contribution < -0.4 is 0 Å². The normalized spacial score (nSPS) is 10.7. The Labute approximate surface area is 95.3 Å². The van der Waals surface area contributed by atoms with Crippen molar-refractivity contribution in [2.24, 2.45) is 0 Å². The number of rotatable bonds is 6. The molecule has 0 rings (SSSR count). The monoisotopic (exact) mass is 230 g/mol. The van der Waals surface area contributed by atoms with Gasteiger partial charge in [-0.25, -0.2) is 4.79 Å². The highest BCUT2D eigenvalue weighted by atomic mass is 17.2. The van der Waals surface area contributed by atoms with Crippen LogP contribution in [-0.2, 0) is 24.1 Å². The molecule has 0 atom stereocenters. The van der Waals surface area contributed by atoms with Gasteiger partial charge in [-0.2, -0.15) is 4.89 Å². The van der Waals surface area contributed by atoms with E-state index in [0.29, 0.717) is 0 Å². The molecule has 0 aromatic carbocycles. The first-order valence-electron chi connectivity index (χ1n) is 5.00. The van der Waals surface area contributed by atoms with Crippen molar-refractivity contribution in [3.05, 3.63) is 12.7 Å². The van der Waals surface area contributed by atoms with E-state index in [1.54, 1.807) is 20.8 Å². The van der Waals surface area contributed by atoms with Gasteiger partial charge in [0.05, 0.1) is 12.8 Å². The molecule has 0 fully saturated rings. The summed E-state index contributed by atoms with van der Waals surface area (Å²) in [6.07, 6.45) is 1.37. The van der Waals surface area contributed by atoms with Gasteiger partial charge in [0.1, 0.15) is 12.2 Å². The number of carbonyl (C=O) groups is 2. The second-order valence-electron chi connectivity index (χ2n) is 4.12. The van der Waals surface area contributed by atoms with Crippen LogP contribution in [0.2, 0.25) is 0 Å². The molecule has 0 aliphatic carbocycles. The fourth-order valence-corrected chi connectivity index (χ4v) is 0.641. The van der Waals surface area contributed by atoms with E-state index in [2.05, 4.69) is 16.2 Å². The van der Waals surface area contributed by atoms with Crippen molar-refractivity contribution in [1.29, 1.82) is 0 Å². The first-order chi connectivity index (χ1) is 7.35. The van der Waals surface area contributed by atoms with Gasteiger partial charge in [-0.15, -0.1) is 0 Å². The molecular formula is C11H18O5. The Hall–Kier alpha value is -1.36. The number of hydrogen-bond donors (Lipinski definition) is 0. The third kappa shape index (κ3) is 9.21. The molecule has 0 heterocycles. The summed E-state index contributed by atoms with van der Waals surface area (Å²) in [5.41, 5.74) is -0.557. The molecule has 0 saturated carbocycles. The third-order valence-corrected chi connectivity index (χ3v) is 1.28. The molecule has 0 aromatic heterocycles. The third-order valence-electron chi connectivity index (χ3n) is 1.28. The predicted molar refractivity (Wildman–Crippen MR) is 57.3 cm³/mol. The van der Waals surface area contributed by atoms with E-state index in [1.807, 2.05) is 0 Å². The van der Waals surface area contributed by atoms with Crippen LogP contribution >= 0.6 is 0 Å². The lowest BCUT2D eigenvalue weighted by Crippen LogP contribution is -2.22. The number of ether oxygens (including phenoxy) is 1. The lowest BCUT2D eigenvalue weighted by atomic mass is 10.2. The molecule has 0 aliphatic heterocycles. The Morgan fingerprint density at radius 3 is 2.25 bits per heavy atom. The van der Waals surface area contributed by atoms with Crippen molar-refractivity contribution in [1.82, 2.24) is 0 Å². The topological polar surface area (TPSA) is 61.8 Å². The van der Waals surface area contributed by atoms with Gasteiger partial charge in [0.15, 0.2) is 0 Å². The predicted octanol–water partition coefficient (Wildman–Crippen LogP) is 1.77. The van der Waals surface area contributed by atoms with E-state index in [9.17, 15) is 9.59 Å². The zero-order valence-corrected chi connectivity index (χ0v) is 9.95. The van der Waals surface area contributed by atoms with Gasteiger partial charge in [-0.1, -0.05) is 12.7 Å². The van der Waals surface area contributed by atoms with Crippen LogP contribution in [0, 0.1) is 0 Å². The Kier molecular flexibility index (Phi) is 6.41. The summed E-state index contributed by atoms with van der Waals surface area (Å²) in [6, 6.07) is 0. The van der Waals surface area contributed by atoms with Gasteiger partial charge in [0.2, 0.25) is 0 Å². The molecule has 16 heavy (non-hydrogen) atoms. The minimum atomic E-state index is -0.592. The highest BCUT2D eigenvalue weighted by Crippen LogP contribution is 2.08. The summed E-state index contributed by atoms with van der Waals surface area (Å²) in [4.78, 5) is 31.4. The fourth-order valence-electron chi connectivity index (χ4n) is 0.641. The molecule has 0 spiro atoms. The Morgan fingerprint density at radius 2 is 1.75 bits per heavy atom. The van der Waals surface area contributed by atoms with Gasteiger partial charge in [0, 0.05) is 0 Å². The zero-order chi connectivity index (χ0) is 12.6. The molecule has 92 valence electrons. The van der Waals surface area contributed by atoms with Gasteiger partial charge >= 0.3 is 11.9 Å². The van der Waals surface area contributed by atoms with E-state index in [1.165, 1.54) is 6.08 Å². The van der Waals surface area contributed by atoms with Crippen molar-refractivity contribution in [2.45, 2.75) is 39.2 Å². The number of esters is 1. The van der Waals surface area contributed by atoms with E-state index >= 15 is 0 Å². The summed E-state index contributed by atoms with van der Waals surface area (Å²) < 4.78 is 4.68.